The van der Waals surface area contributed by atoms with E-state index in [0.29, 0.717) is 13.0 Å². The second-order valence-corrected chi connectivity index (χ2v) is 11.4. The molecule has 4 aromatic rings. The first-order valence-electron chi connectivity index (χ1n) is 14.3. The zero-order valence-electron chi connectivity index (χ0n) is 23.5. The van der Waals surface area contributed by atoms with Gasteiger partial charge in [-0.1, -0.05) is 97.6 Å². The zero-order valence-corrected chi connectivity index (χ0v) is 23.5. The van der Waals surface area contributed by atoms with Crippen LogP contribution in [0.15, 0.2) is 85.1 Å². The lowest BCUT2D eigenvalue weighted by molar-refractivity contribution is -0.127. The Bertz CT molecular complexity index is 1440. The first kappa shape index (κ1) is 27.5. The summed E-state index contributed by atoms with van der Waals surface area (Å²) in [6, 6.07) is 26.3. The van der Waals surface area contributed by atoms with Crippen molar-refractivity contribution >= 4 is 22.9 Å². The number of hydrogen-bond acceptors (Lipinski definition) is 3. The minimum Gasteiger partial charge on any atom is -0.445 e. The highest BCUT2D eigenvalue weighted by Gasteiger charge is 2.40. The number of hydrogen-bond donors (Lipinski definition) is 3. The Hall–Kier alpha value is -4.06. The van der Waals surface area contributed by atoms with Crippen LogP contribution in [-0.2, 0) is 28.0 Å². The molecule has 5 rings (SSSR count). The molecule has 1 heterocycles. The van der Waals surface area contributed by atoms with Gasteiger partial charge in [-0.2, -0.15) is 0 Å². The van der Waals surface area contributed by atoms with Gasteiger partial charge in [0.2, 0.25) is 5.91 Å². The van der Waals surface area contributed by atoms with Gasteiger partial charge in [-0.05, 0) is 49.4 Å². The maximum absolute atomic E-state index is 14.0. The highest BCUT2D eigenvalue weighted by Crippen LogP contribution is 2.39. The van der Waals surface area contributed by atoms with Crippen molar-refractivity contribution in [2.75, 3.05) is 6.54 Å². The molecule has 0 spiro atoms. The van der Waals surface area contributed by atoms with Crippen LogP contribution in [-0.4, -0.2) is 29.1 Å². The van der Waals surface area contributed by atoms with Gasteiger partial charge in [0.1, 0.15) is 12.1 Å². The first-order valence-corrected chi connectivity index (χ1v) is 14.3. The van der Waals surface area contributed by atoms with Gasteiger partial charge in [-0.15, -0.1) is 0 Å². The van der Waals surface area contributed by atoms with Crippen molar-refractivity contribution in [1.82, 2.24) is 15.6 Å². The van der Waals surface area contributed by atoms with E-state index in [2.05, 4.69) is 39.9 Å². The number of aromatic nitrogens is 1. The number of rotatable bonds is 9. The number of carbonyl (C=O) groups excluding carboxylic acids is 2. The van der Waals surface area contributed by atoms with Gasteiger partial charge in [-0.25, -0.2) is 4.79 Å². The minimum absolute atomic E-state index is 0.108. The highest BCUT2D eigenvalue weighted by molar-refractivity contribution is 5.91. The van der Waals surface area contributed by atoms with E-state index < -0.39 is 11.6 Å². The van der Waals surface area contributed by atoms with E-state index in [1.54, 1.807) is 6.92 Å². The van der Waals surface area contributed by atoms with Crippen LogP contribution in [0.4, 0.5) is 4.79 Å². The SMILES string of the molecule is Cc1ccc(COC(=O)NC(C)(Cc2c[nH]c3ccccc23)C(=O)NCC2(c3ccccc3)CCCCC2)cc1. The monoisotopic (exact) mass is 537 g/mol. The fraction of sp³-hybridized carbons (Fsp3) is 0.353. The third-order valence-corrected chi connectivity index (χ3v) is 8.37. The Kier molecular flexibility index (Phi) is 8.24. The topological polar surface area (TPSA) is 83.2 Å². The van der Waals surface area contributed by atoms with E-state index in [1.165, 1.54) is 12.0 Å². The van der Waals surface area contributed by atoms with E-state index in [1.807, 2.05) is 67.7 Å². The Morgan fingerprint density at radius 2 is 1.62 bits per heavy atom. The smallest absolute Gasteiger partial charge is 0.408 e. The molecule has 0 bridgehead atoms. The summed E-state index contributed by atoms with van der Waals surface area (Å²) in [5, 5.41) is 7.22. The van der Waals surface area contributed by atoms with E-state index in [0.717, 1.165) is 53.3 Å². The molecule has 0 saturated heterocycles. The number of fused-ring (bicyclic) bond motifs is 1. The van der Waals surface area contributed by atoms with Crippen LogP contribution in [0.2, 0.25) is 0 Å². The molecule has 40 heavy (non-hydrogen) atoms. The number of nitrogens with one attached hydrogen (secondary N) is 3. The molecular weight excluding hydrogens is 498 g/mol. The average molecular weight is 538 g/mol. The molecular formula is C34H39N3O3. The molecule has 1 unspecified atom stereocenters. The maximum Gasteiger partial charge on any atom is 0.408 e. The summed E-state index contributed by atoms with van der Waals surface area (Å²) >= 11 is 0. The van der Waals surface area contributed by atoms with E-state index >= 15 is 0 Å². The molecule has 0 aliphatic heterocycles. The molecule has 6 nitrogen and oxygen atoms in total. The molecule has 2 amide bonds. The predicted molar refractivity (Wildman–Crippen MR) is 159 cm³/mol. The molecule has 6 heteroatoms. The molecule has 1 aromatic heterocycles. The maximum atomic E-state index is 14.0. The summed E-state index contributed by atoms with van der Waals surface area (Å²) in [6.07, 6.45) is 7.18. The molecule has 1 saturated carbocycles. The summed E-state index contributed by atoms with van der Waals surface area (Å²) in [7, 11) is 0. The number of para-hydroxylation sites is 1. The number of benzene rings is 3. The van der Waals surface area contributed by atoms with Gasteiger partial charge in [0.05, 0.1) is 0 Å². The fourth-order valence-corrected chi connectivity index (χ4v) is 5.97. The van der Waals surface area contributed by atoms with Crippen LogP contribution in [0, 0.1) is 6.92 Å². The summed E-state index contributed by atoms with van der Waals surface area (Å²) in [5.41, 5.74) is 3.92. The quantitative estimate of drug-likeness (QED) is 0.222. The largest absolute Gasteiger partial charge is 0.445 e. The van der Waals surface area contributed by atoms with Crippen molar-refractivity contribution in [2.45, 2.75) is 69.9 Å². The van der Waals surface area contributed by atoms with Crippen LogP contribution in [0.5, 0.6) is 0 Å². The van der Waals surface area contributed by atoms with Crippen molar-refractivity contribution in [2.24, 2.45) is 0 Å². The molecule has 208 valence electrons. The number of carbonyl (C=O) groups is 2. The van der Waals surface area contributed by atoms with Gasteiger partial charge in [0.15, 0.2) is 0 Å². The van der Waals surface area contributed by atoms with Crippen molar-refractivity contribution in [3.63, 3.8) is 0 Å². The molecule has 3 N–H and O–H groups in total. The molecule has 3 aromatic carbocycles. The number of H-pyrrole nitrogens is 1. The van der Waals surface area contributed by atoms with E-state index in [4.69, 9.17) is 4.74 Å². The minimum atomic E-state index is -1.22. The second-order valence-electron chi connectivity index (χ2n) is 11.4. The van der Waals surface area contributed by atoms with Crippen molar-refractivity contribution < 1.29 is 14.3 Å². The normalized spacial score (nSPS) is 16.1. The van der Waals surface area contributed by atoms with Gasteiger partial charge >= 0.3 is 6.09 Å². The third-order valence-electron chi connectivity index (χ3n) is 8.37. The number of amides is 2. The Balaban J connectivity index is 1.35. The van der Waals surface area contributed by atoms with Crippen molar-refractivity contribution in [3.05, 3.63) is 107 Å². The highest BCUT2D eigenvalue weighted by atomic mass is 16.5. The fourth-order valence-electron chi connectivity index (χ4n) is 5.97. The Labute approximate surface area is 236 Å². The number of aromatic amines is 1. The summed E-state index contributed by atoms with van der Waals surface area (Å²) in [6.45, 7) is 4.46. The predicted octanol–water partition coefficient (Wildman–Crippen LogP) is 6.72. The summed E-state index contributed by atoms with van der Waals surface area (Å²) < 4.78 is 5.57. The van der Waals surface area contributed by atoms with Gasteiger partial charge in [0, 0.05) is 35.5 Å². The standard InChI is InChI=1S/C34H39N3O3/c1-25-15-17-26(18-16-25)23-40-32(39)37-33(2,21-27-22-35-30-14-8-7-13-29(27)30)31(38)36-24-34(19-9-4-10-20-34)28-11-5-3-6-12-28/h3,5-8,11-18,22,35H,4,9-10,19-21,23-24H2,1-2H3,(H,36,38)(H,37,39). The van der Waals surface area contributed by atoms with E-state index in [9.17, 15) is 9.59 Å². The lowest BCUT2D eigenvalue weighted by Crippen LogP contribution is -2.59. The number of aryl methyl sites for hydroxylation is 1. The van der Waals surface area contributed by atoms with Crippen LogP contribution >= 0.6 is 0 Å². The lowest BCUT2D eigenvalue weighted by Gasteiger charge is -2.39. The van der Waals surface area contributed by atoms with Crippen LogP contribution in [0.25, 0.3) is 10.9 Å². The Morgan fingerprint density at radius 1 is 0.925 bits per heavy atom. The number of alkyl carbamates (subject to hydrolysis) is 1. The molecule has 1 aliphatic rings. The van der Waals surface area contributed by atoms with Crippen LogP contribution < -0.4 is 10.6 Å². The van der Waals surface area contributed by atoms with Gasteiger partial charge < -0.3 is 20.4 Å². The molecule has 1 atom stereocenters. The molecule has 0 radical (unpaired) electrons. The lowest BCUT2D eigenvalue weighted by atomic mass is 9.69. The number of ether oxygens (including phenoxy) is 1. The van der Waals surface area contributed by atoms with Crippen LogP contribution in [0.3, 0.4) is 0 Å². The second kappa shape index (κ2) is 12.0. The van der Waals surface area contributed by atoms with Crippen LogP contribution in [0.1, 0.15) is 61.3 Å². The van der Waals surface area contributed by atoms with Gasteiger partial charge in [-0.3, -0.25) is 4.79 Å². The average Bonchev–Trinajstić information content (AvgIpc) is 3.39. The van der Waals surface area contributed by atoms with Crippen molar-refractivity contribution in [1.29, 1.82) is 0 Å². The zero-order chi connectivity index (χ0) is 28.0. The van der Waals surface area contributed by atoms with E-state index in [-0.39, 0.29) is 17.9 Å². The van der Waals surface area contributed by atoms with Crippen molar-refractivity contribution in [3.8, 4) is 0 Å². The Morgan fingerprint density at radius 3 is 2.38 bits per heavy atom. The first-order chi connectivity index (χ1) is 19.4. The molecule has 1 fully saturated rings. The summed E-state index contributed by atoms with van der Waals surface area (Å²) in [4.78, 5) is 30.4. The summed E-state index contributed by atoms with van der Waals surface area (Å²) in [5.74, 6) is -0.217. The molecule has 1 aliphatic carbocycles. The van der Waals surface area contributed by atoms with Gasteiger partial charge in [0.25, 0.3) is 0 Å². The third kappa shape index (κ3) is 6.22.